The SMILES string of the molecule is Cc1oc(C(C)C)cc1C(=O)N1CCCC1(C)C(=O)O. The number of rotatable bonds is 3. The van der Waals surface area contributed by atoms with E-state index >= 15 is 0 Å². The lowest BCUT2D eigenvalue weighted by atomic mass is 9.98. The van der Waals surface area contributed by atoms with Gasteiger partial charge in [-0.05, 0) is 32.8 Å². The number of nitrogens with zero attached hydrogens (tertiary/aromatic N) is 1. The van der Waals surface area contributed by atoms with Crippen molar-refractivity contribution >= 4 is 11.9 Å². The lowest BCUT2D eigenvalue weighted by Crippen LogP contribution is -2.50. The van der Waals surface area contributed by atoms with Gasteiger partial charge < -0.3 is 14.4 Å². The number of hydrogen-bond acceptors (Lipinski definition) is 3. The molecular formula is C15H21NO4. The minimum Gasteiger partial charge on any atom is -0.480 e. The summed E-state index contributed by atoms with van der Waals surface area (Å²) >= 11 is 0. The number of likely N-dealkylation sites (tertiary alicyclic amines) is 1. The van der Waals surface area contributed by atoms with Crippen LogP contribution in [0.3, 0.4) is 0 Å². The van der Waals surface area contributed by atoms with Crippen LogP contribution in [0, 0.1) is 6.92 Å². The summed E-state index contributed by atoms with van der Waals surface area (Å²) in [5, 5.41) is 9.38. The normalized spacial score (nSPS) is 22.6. The van der Waals surface area contributed by atoms with E-state index in [9.17, 15) is 14.7 Å². The number of carboxylic acids is 1. The predicted molar refractivity (Wildman–Crippen MR) is 73.8 cm³/mol. The lowest BCUT2D eigenvalue weighted by molar-refractivity contribution is -0.147. The number of carbonyl (C=O) groups is 2. The fourth-order valence-corrected chi connectivity index (χ4v) is 2.66. The molecule has 0 spiro atoms. The van der Waals surface area contributed by atoms with Crippen LogP contribution in [0.4, 0.5) is 0 Å². The molecule has 2 heterocycles. The van der Waals surface area contributed by atoms with Gasteiger partial charge >= 0.3 is 5.97 Å². The molecule has 1 atom stereocenters. The number of hydrogen-bond donors (Lipinski definition) is 1. The van der Waals surface area contributed by atoms with Gasteiger partial charge in [-0.25, -0.2) is 4.79 Å². The Morgan fingerprint density at radius 1 is 1.45 bits per heavy atom. The highest BCUT2D eigenvalue weighted by Gasteiger charge is 2.46. The van der Waals surface area contributed by atoms with Crippen molar-refractivity contribution in [2.75, 3.05) is 6.54 Å². The van der Waals surface area contributed by atoms with Crippen LogP contribution in [0.1, 0.15) is 61.4 Å². The third kappa shape index (κ3) is 2.21. The first-order valence-electron chi connectivity index (χ1n) is 6.93. The Hall–Kier alpha value is -1.78. The van der Waals surface area contributed by atoms with Crippen molar-refractivity contribution in [1.82, 2.24) is 4.90 Å². The van der Waals surface area contributed by atoms with Gasteiger partial charge in [0, 0.05) is 12.5 Å². The van der Waals surface area contributed by atoms with E-state index in [0.717, 1.165) is 5.76 Å². The number of carbonyl (C=O) groups excluding carboxylic acids is 1. The van der Waals surface area contributed by atoms with Crippen molar-refractivity contribution in [2.24, 2.45) is 0 Å². The molecule has 1 aromatic rings. The molecule has 1 aliphatic heterocycles. The predicted octanol–water partition coefficient (Wildman–Crippen LogP) is 2.79. The van der Waals surface area contributed by atoms with Crippen LogP contribution in [0.2, 0.25) is 0 Å². The van der Waals surface area contributed by atoms with Crippen LogP contribution in [0.15, 0.2) is 10.5 Å². The van der Waals surface area contributed by atoms with Crippen molar-refractivity contribution in [2.45, 2.75) is 52.0 Å². The van der Waals surface area contributed by atoms with E-state index in [1.54, 1.807) is 19.9 Å². The van der Waals surface area contributed by atoms with Gasteiger partial charge in [0.05, 0.1) is 5.56 Å². The molecule has 0 aliphatic carbocycles. The third-order valence-corrected chi connectivity index (χ3v) is 4.08. The second-order valence-electron chi connectivity index (χ2n) is 5.91. The molecule has 1 fully saturated rings. The summed E-state index contributed by atoms with van der Waals surface area (Å²) in [6.07, 6.45) is 1.20. The first-order chi connectivity index (χ1) is 9.27. The summed E-state index contributed by atoms with van der Waals surface area (Å²) in [4.78, 5) is 25.5. The second-order valence-corrected chi connectivity index (χ2v) is 5.91. The van der Waals surface area contributed by atoms with Gasteiger partial charge in [-0.2, -0.15) is 0 Å². The van der Waals surface area contributed by atoms with Crippen molar-refractivity contribution in [3.63, 3.8) is 0 Å². The van der Waals surface area contributed by atoms with E-state index in [-0.39, 0.29) is 11.8 Å². The molecular weight excluding hydrogens is 258 g/mol. The number of aryl methyl sites for hydroxylation is 1. The van der Waals surface area contributed by atoms with Crippen LogP contribution in [0.25, 0.3) is 0 Å². The van der Waals surface area contributed by atoms with E-state index in [4.69, 9.17) is 4.42 Å². The second kappa shape index (κ2) is 4.96. The Bertz CT molecular complexity index is 546. The molecule has 0 bridgehead atoms. The molecule has 0 saturated carbocycles. The lowest BCUT2D eigenvalue weighted by Gasteiger charge is -2.31. The molecule has 1 aliphatic rings. The molecule has 0 radical (unpaired) electrons. The van der Waals surface area contributed by atoms with E-state index in [0.29, 0.717) is 30.7 Å². The molecule has 5 heteroatoms. The highest BCUT2D eigenvalue weighted by molar-refractivity contribution is 5.99. The standard InChI is InChI=1S/C15H21NO4/c1-9(2)12-8-11(10(3)20-12)13(17)16-7-5-6-15(16,4)14(18)19/h8-9H,5-7H2,1-4H3,(H,18,19). The number of furan rings is 1. The smallest absolute Gasteiger partial charge is 0.329 e. The maximum Gasteiger partial charge on any atom is 0.329 e. The first kappa shape index (κ1) is 14.6. The topological polar surface area (TPSA) is 70.8 Å². The maximum absolute atomic E-state index is 12.6. The first-order valence-corrected chi connectivity index (χ1v) is 6.93. The van der Waals surface area contributed by atoms with Gasteiger partial charge in [0.15, 0.2) is 0 Å². The highest BCUT2D eigenvalue weighted by atomic mass is 16.4. The Morgan fingerprint density at radius 2 is 2.10 bits per heavy atom. The molecule has 2 rings (SSSR count). The average Bonchev–Trinajstić information content (AvgIpc) is 2.93. The van der Waals surface area contributed by atoms with Gasteiger partial charge in [0.2, 0.25) is 0 Å². The van der Waals surface area contributed by atoms with E-state index in [1.165, 1.54) is 4.90 Å². The molecule has 110 valence electrons. The van der Waals surface area contributed by atoms with Crippen molar-refractivity contribution in [3.05, 3.63) is 23.2 Å². The Balaban J connectivity index is 2.34. The molecule has 1 N–H and O–H groups in total. The van der Waals surface area contributed by atoms with Crippen molar-refractivity contribution in [3.8, 4) is 0 Å². The minimum atomic E-state index is -1.11. The Labute approximate surface area is 118 Å². The summed E-state index contributed by atoms with van der Waals surface area (Å²) < 4.78 is 5.59. The Kier molecular flexibility index (Phi) is 3.63. The average molecular weight is 279 g/mol. The van der Waals surface area contributed by atoms with Crippen LogP contribution in [-0.4, -0.2) is 34.0 Å². The van der Waals surface area contributed by atoms with E-state index < -0.39 is 11.5 Å². The van der Waals surface area contributed by atoms with Gasteiger partial charge in [0.25, 0.3) is 5.91 Å². The van der Waals surface area contributed by atoms with Gasteiger partial charge in [-0.1, -0.05) is 13.8 Å². The van der Waals surface area contributed by atoms with Crippen molar-refractivity contribution < 1.29 is 19.1 Å². The van der Waals surface area contributed by atoms with Gasteiger partial charge in [0.1, 0.15) is 17.1 Å². The summed E-state index contributed by atoms with van der Waals surface area (Å²) in [5.74, 6) is 0.300. The minimum absolute atomic E-state index is 0.194. The van der Waals surface area contributed by atoms with Crippen LogP contribution >= 0.6 is 0 Å². The zero-order valence-electron chi connectivity index (χ0n) is 12.4. The zero-order valence-corrected chi connectivity index (χ0v) is 12.4. The highest BCUT2D eigenvalue weighted by Crippen LogP contribution is 2.32. The van der Waals surface area contributed by atoms with E-state index in [1.807, 2.05) is 13.8 Å². The molecule has 20 heavy (non-hydrogen) atoms. The molecule has 1 saturated heterocycles. The summed E-state index contributed by atoms with van der Waals surface area (Å²) in [6.45, 7) is 7.81. The quantitative estimate of drug-likeness (QED) is 0.923. The fourth-order valence-electron chi connectivity index (χ4n) is 2.66. The molecule has 0 aromatic carbocycles. The number of carboxylic acid groups (broad SMARTS) is 1. The number of aliphatic carboxylic acids is 1. The zero-order chi connectivity index (χ0) is 15.1. The summed E-state index contributed by atoms with van der Waals surface area (Å²) in [6, 6.07) is 1.74. The number of amides is 1. The molecule has 1 amide bonds. The summed E-state index contributed by atoms with van der Waals surface area (Å²) in [7, 11) is 0. The van der Waals surface area contributed by atoms with Gasteiger partial charge in [-0.15, -0.1) is 0 Å². The van der Waals surface area contributed by atoms with Crippen LogP contribution < -0.4 is 0 Å². The third-order valence-electron chi connectivity index (χ3n) is 4.08. The van der Waals surface area contributed by atoms with Crippen molar-refractivity contribution in [1.29, 1.82) is 0 Å². The summed E-state index contributed by atoms with van der Waals surface area (Å²) in [5.41, 5.74) is -0.637. The van der Waals surface area contributed by atoms with Crippen LogP contribution in [0.5, 0.6) is 0 Å². The van der Waals surface area contributed by atoms with E-state index in [2.05, 4.69) is 0 Å². The molecule has 5 nitrogen and oxygen atoms in total. The fraction of sp³-hybridized carbons (Fsp3) is 0.600. The molecule has 1 aromatic heterocycles. The van der Waals surface area contributed by atoms with Crippen LogP contribution in [-0.2, 0) is 4.79 Å². The molecule has 1 unspecified atom stereocenters. The van der Waals surface area contributed by atoms with Gasteiger partial charge in [-0.3, -0.25) is 4.79 Å². The Morgan fingerprint density at radius 3 is 2.60 bits per heavy atom. The monoisotopic (exact) mass is 279 g/mol. The largest absolute Gasteiger partial charge is 0.480 e. The maximum atomic E-state index is 12.6.